The van der Waals surface area contributed by atoms with Crippen LogP contribution in [0, 0.1) is 11.6 Å². The summed E-state index contributed by atoms with van der Waals surface area (Å²) in [5.41, 5.74) is 0.0592. The molecule has 29 heavy (non-hydrogen) atoms. The smallest absolute Gasteiger partial charge is 0.276 e. The zero-order chi connectivity index (χ0) is 20.6. The van der Waals surface area contributed by atoms with Crippen molar-refractivity contribution in [1.29, 1.82) is 0 Å². The number of rotatable bonds is 4. The number of hydrogen-bond acceptors (Lipinski definition) is 6. The van der Waals surface area contributed by atoms with Crippen LogP contribution in [0.3, 0.4) is 0 Å². The van der Waals surface area contributed by atoms with Crippen molar-refractivity contribution < 1.29 is 30.9 Å². The first kappa shape index (κ1) is 19.3. The van der Waals surface area contributed by atoms with Crippen molar-refractivity contribution in [3.05, 3.63) is 60.0 Å². The second-order valence-corrected chi connectivity index (χ2v) is 8.23. The van der Waals surface area contributed by atoms with Crippen molar-refractivity contribution in [3.8, 4) is 11.5 Å². The standard InChI is InChI=1S/C18H15F2N3O5S/c19-12-3-4-13(20)17(10-12)29(25,26)23-7-5-22(6-8-23)18(24)14-11-16(28-21-14)15-2-1-9-27-15/h1-4,9-11H,5-8H2. The minimum atomic E-state index is -4.22. The fraction of sp³-hybridized carbons (Fsp3) is 0.222. The molecule has 0 aliphatic carbocycles. The normalized spacial score (nSPS) is 15.6. The van der Waals surface area contributed by atoms with Crippen LogP contribution in [0.2, 0.25) is 0 Å². The van der Waals surface area contributed by atoms with Gasteiger partial charge in [-0.25, -0.2) is 17.2 Å². The van der Waals surface area contributed by atoms with Gasteiger partial charge in [0.05, 0.1) is 6.26 Å². The number of aromatic nitrogens is 1. The largest absolute Gasteiger partial charge is 0.461 e. The average molecular weight is 423 g/mol. The topological polar surface area (TPSA) is 96.9 Å². The molecule has 0 unspecified atom stereocenters. The summed E-state index contributed by atoms with van der Waals surface area (Å²) >= 11 is 0. The number of halogens is 2. The highest BCUT2D eigenvalue weighted by molar-refractivity contribution is 7.89. The number of hydrogen-bond donors (Lipinski definition) is 0. The van der Waals surface area contributed by atoms with E-state index >= 15 is 0 Å². The van der Waals surface area contributed by atoms with Crippen molar-refractivity contribution in [2.24, 2.45) is 0 Å². The van der Waals surface area contributed by atoms with Crippen LogP contribution in [-0.4, -0.2) is 54.9 Å². The van der Waals surface area contributed by atoms with Crippen LogP contribution >= 0.6 is 0 Å². The highest BCUT2D eigenvalue weighted by atomic mass is 32.2. The van der Waals surface area contributed by atoms with Gasteiger partial charge in [-0.2, -0.15) is 4.31 Å². The predicted molar refractivity (Wildman–Crippen MR) is 95.2 cm³/mol. The summed E-state index contributed by atoms with van der Waals surface area (Å²) in [6.45, 7) is 0.00965. The molecule has 152 valence electrons. The fourth-order valence-electron chi connectivity index (χ4n) is 3.02. The van der Waals surface area contributed by atoms with Gasteiger partial charge in [0, 0.05) is 32.2 Å². The van der Waals surface area contributed by atoms with E-state index in [1.165, 1.54) is 17.2 Å². The van der Waals surface area contributed by atoms with Gasteiger partial charge in [0.25, 0.3) is 5.91 Å². The molecule has 1 saturated heterocycles. The van der Waals surface area contributed by atoms with Gasteiger partial charge >= 0.3 is 0 Å². The molecule has 2 aromatic heterocycles. The minimum absolute atomic E-state index is 0.0592. The van der Waals surface area contributed by atoms with Gasteiger partial charge in [-0.1, -0.05) is 5.16 Å². The van der Waals surface area contributed by atoms with Gasteiger partial charge in [-0.3, -0.25) is 4.79 Å². The quantitative estimate of drug-likeness (QED) is 0.639. The third-order valence-electron chi connectivity index (χ3n) is 4.53. The van der Waals surface area contributed by atoms with Gasteiger partial charge in [0.2, 0.25) is 15.8 Å². The molecular weight excluding hydrogens is 408 g/mol. The summed E-state index contributed by atoms with van der Waals surface area (Å²) in [5, 5.41) is 3.73. The van der Waals surface area contributed by atoms with Crippen LogP contribution in [0.5, 0.6) is 0 Å². The Morgan fingerprint density at radius 1 is 1.03 bits per heavy atom. The first-order chi connectivity index (χ1) is 13.9. The zero-order valence-corrected chi connectivity index (χ0v) is 15.7. The first-order valence-electron chi connectivity index (χ1n) is 8.61. The molecule has 0 radical (unpaired) electrons. The highest BCUT2D eigenvalue weighted by Crippen LogP contribution is 2.24. The lowest BCUT2D eigenvalue weighted by Gasteiger charge is -2.33. The van der Waals surface area contributed by atoms with Crippen LogP contribution < -0.4 is 0 Å². The van der Waals surface area contributed by atoms with Crippen LogP contribution in [0.25, 0.3) is 11.5 Å². The minimum Gasteiger partial charge on any atom is -0.461 e. The van der Waals surface area contributed by atoms with Crippen molar-refractivity contribution >= 4 is 15.9 Å². The number of carbonyl (C=O) groups is 1. The van der Waals surface area contributed by atoms with Crippen LogP contribution in [-0.2, 0) is 10.0 Å². The Morgan fingerprint density at radius 3 is 2.48 bits per heavy atom. The van der Waals surface area contributed by atoms with E-state index in [9.17, 15) is 22.0 Å². The summed E-state index contributed by atoms with van der Waals surface area (Å²) in [6, 6.07) is 7.02. The van der Waals surface area contributed by atoms with E-state index in [4.69, 9.17) is 8.94 Å². The third-order valence-corrected chi connectivity index (χ3v) is 6.44. The second kappa shape index (κ2) is 7.41. The van der Waals surface area contributed by atoms with E-state index in [-0.39, 0.29) is 31.9 Å². The molecule has 1 amide bonds. The predicted octanol–water partition coefficient (Wildman–Crippen LogP) is 2.36. The lowest BCUT2D eigenvalue weighted by Crippen LogP contribution is -2.50. The summed E-state index contributed by atoms with van der Waals surface area (Å²) < 4.78 is 63.8. The lowest BCUT2D eigenvalue weighted by atomic mass is 10.2. The lowest BCUT2D eigenvalue weighted by molar-refractivity contribution is 0.0687. The number of amides is 1. The Kier molecular flexibility index (Phi) is 4.92. The zero-order valence-electron chi connectivity index (χ0n) is 14.9. The molecule has 8 nitrogen and oxygen atoms in total. The van der Waals surface area contributed by atoms with Crippen molar-refractivity contribution in [2.75, 3.05) is 26.2 Å². The molecule has 0 bridgehead atoms. The number of benzene rings is 1. The molecule has 3 heterocycles. The van der Waals surface area contributed by atoms with Crippen LogP contribution in [0.15, 0.2) is 56.5 Å². The number of carbonyl (C=O) groups excluding carboxylic acids is 1. The van der Waals surface area contributed by atoms with Crippen molar-refractivity contribution in [2.45, 2.75) is 4.90 Å². The highest BCUT2D eigenvalue weighted by Gasteiger charge is 2.33. The second-order valence-electron chi connectivity index (χ2n) is 6.32. The summed E-state index contributed by atoms with van der Waals surface area (Å²) in [6.07, 6.45) is 1.46. The van der Waals surface area contributed by atoms with Gasteiger partial charge < -0.3 is 13.8 Å². The molecule has 1 aliphatic heterocycles. The van der Waals surface area contributed by atoms with E-state index in [1.807, 2.05) is 0 Å². The Labute approximate surface area is 164 Å². The maximum atomic E-state index is 13.9. The Morgan fingerprint density at radius 2 is 1.79 bits per heavy atom. The molecule has 0 atom stereocenters. The molecule has 1 aromatic carbocycles. The monoisotopic (exact) mass is 423 g/mol. The molecular formula is C18H15F2N3O5S. The van der Waals surface area contributed by atoms with Gasteiger partial charge in [0.1, 0.15) is 16.5 Å². The molecule has 1 aliphatic rings. The van der Waals surface area contributed by atoms with Gasteiger partial charge in [-0.05, 0) is 30.3 Å². The first-order valence-corrected chi connectivity index (χ1v) is 10.1. The average Bonchev–Trinajstić information content (AvgIpc) is 3.41. The van der Waals surface area contributed by atoms with Gasteiger partial charge in [-0.15, -0.1) is 0 Å². The van der Waals surface area contributed by atoms with Crippen molar-refractivity contribution in [1.82, 2.24) is 14.4 Å². The Balaban J connectivity index is 1.45. The number of furan rings is 1. The van der Waals surface area contributed by atoms with Crippen LogP contribution in [0.1, 0.15) is 10.5 Å². The molecule has 11 heteroatoms. The summed E-state index contributed by atoms with van der Waals surface area (Å²) in [5.74, 6) is -1.60. The van der Waals surface area contributed by atoms with Crippen molar-refractivity contribution in [3.63, 3.8) is 0 Å². The SMILES string of the molecule is O=C(c1cc(-c2ccco2)on1)N1CCN(S(=O)(=O)c2cc(F)ccc2F)CC1. The van der Waals surface area contributed by atoms with Gasteiger partial charge in [0.15, 0.2) is 11.5 Å². The molecule has 0 saturated carbocycles. The number of nitrogens with zero attached hydrogens (tertiary/aromatic N) is 3. The summed E-state index contributed by atoms with van der Waals surface area (Å²) in [4.78, 5) is 13.3. The molecule has 0 N–H and O–H groups in total. The maximum Gasteiger partial charge on any atom is 0.276 e. The molecule has 0 spiro atoms. The molecule has 3 aromatic rings. The Bertz CT molecular complexity index is 1140. The maximum absolute atomic E-state index is 13.9. The van der Waals surface area contributed by atoms with Crippen LogP contribution in [0.4, 0.5) is 8.78 Å². The van der Waals surface area contributed by atoms with E-state index < -0.39 is 32.5 Å². The van der Waals surface area contributed by atoms with E-state index in [1.54, 1.807) is 12.1 Å². The third kappa shape index (κ3) is 3.66. The van der Waals surface area contributed by atoms with E-state index in [2.05, 4.69) is 5.16 Å². The fourth-order valence-corrected chi connectivity index (χ4v) is 4.52. The molecule has 4 rings (SSSR count). The number of piperazine rings is 1. The number of sulfonamides is 1. The van der Waals surface area contributed by atoms with E-state index in [0.29, 0.717) is 17.6 Å². The van der Waals surface area contributed by atoms with E-state index in [0.717, 1.165) is 16.4 Å². The molecule has 1 fully saturated rings. The Hall–Kier alpha value is -3.05. The summed E-state index contributed by atoms with van der Waals surface area (Å²) in [7, 11) is -4.22.